The summed E-state index contributed by atoms with van der Waals surface area (Å²) in [7, 11) is 2.05. The van der Waals surface area contributed by atoms with Crippen LogP contribution in [0.3, 0.4) is 0 Å². The molecular weight excluding hydrogens is 341 g/mol. The van der Waals surface area contributed by atoms with Crippen LogP contribution in [0.1, 0.15) is 39.0 Å². The monoisotopic (exact) mass is 367 g/mol. The van der Waals surface area contributed by atoms with E-state index in [1.165, 1.54) is 25.7 Å². The average Bonchev–Trinajstić information content (AvgIpc) is 3.19. The van der Waals surface area contributed by atoms with Crippen LogP contribution in [0.15, 0.2) is 4.99 Å². The van der Waals surface area contributed by atoms with E-state index in [9.17, 15) is 0 Å². The first kappa shape index (κ1) is 16.0. The lowest BCUT2D eigenvalue weighted by molar-refractivity contribution is 0.129. The van der Waals surface area contributed by atoms with E-state index in [-0.39, 0.29) is 24.0 Å². The second kappa shape index (κ2) is 6.93. The molecule has 0 aliphatic heterocycles. The lowest BCUT2D eigenvalue weighted by Gasteiger charge is -2.18. The first-order valence-electron chi connectivity index (χ1n) is 6.77. The third kappa shape index (κ3) is 4.57. The van der Waals surface area contributed by atoms with E-state index in [1.807, 2.05) is 6.92 Å². The number of hydrogen-bond acceptors (Lipinski definition) is 2. The van der Waals surface area contributed by atoms with Gasteiger partial charge in [0.15, 0.2) is 5.96 Å². The Labute approximate surface area is 127 Å². The van der Waals surface area contributed by atoms with Crippen molar-refractivity contribution in [2.75, 3.05) is 26.8 Å². The number of hydrogen-bond donors (Lipinski definition) is 1. The van der Waals surface area contributed by atoms with Crippen molar-refractivity contribution in [1.29, 1.82) is 0 Å². The largest absolute Gasteiger partial charge is 0.382 e. The van der Waals surface area contributed by atoms with Gasteiger partial charge in [-0.2, -0.15) is 0 Å². The summed E-state index contributed by atoms with van der Waals surface area (Å²) < 4.78 is 5.42. The van der Waals surface area contributed by atoms with E-state index in [1.54, 1.807) is 0 Å². The van der Waals surface area contributed by atoms with Crippen LogP contribution in [0.25, 0.3) is 0 Å². The van der Waals surface area contributed by atoms with E-state index in [0.29, 0.717) is 11.5 Å². The fourth-order valence-corrected chi connectivity index (χ4v) is 2.11. The SMILES string of the molecule is CCOCCC1(CN=C(N)N(C)C2CC2)CC1.I. The van der Waals surface area contributed by atoms with Gasteiger partial charge in [0.2, 0.25) is 0 Å². The Bertz CT molecular complexity index is 288. The Hall–Kier alpha value is -0.0400. The van der Waals surface area contributed by atoms with Crippen LogP contribution in [0.4, 0.5) is 0 Å². The van der Waals surface area contributed by atoms with Crippen molar-refractivity contribution in [2.24, 2.45) is 16.1 Å². The van der Waals surface area contributed by atoms with Crippen molar-refractivity contribution < 1.29 is 4.74 Å². The molecule has 2 aliphatic rings. The highest BCUT2D eigenvalue weighted by atomic mass is 127. The van der Waals surface area contributed by atoms with Gasteiger partial charge in [-0.3, -0.25) is 4.99 Å². The van der Waals surface area contributed by atoms with Gasteiger partial charge in [0.1, 0.15) is 0 Å². The first-order valence-corrected chi connectivity index (χ1v) is 6.77. The van der Waals surface area contributed by atoms with Crippen LogP contribution >= 0.6 is 24.0 Å². The summed E-state index contributed by atoms with van der Waals surface area (Å²) in [5, 5.41) is 0. The summed E-state index contributed by atoms with van der Waals surface area (Å²) in [6, 6.07) is 0.650. The van der Waals surface area contributed by atoms with Gasteiger partial charge in [-0.25, -0.2) is 0 Å². The van der Waals surface area contributed by atoms with Gasteiger partial charge in [0.25, 0.3) is 0 Å². The third-order valence-corrected chi connectivity index (χ3v) is 3.97. The van der Waals surface area contributed by atoms with Crippen LogP contribution in [-0.2, 0) is 4.74 Å². The maximum atomic E-state index is 5.99. The van der Waals surface area contributed by atoms with Gasteiger partial charge >= 0.3 is 0 Å². The maximum Gasteiger partial charge on any atom is 0.191 e. The minimum absolute atomic E-state index is 0. The number of nitrogens with zero attached hydrogens (tertiary/aromatic N) is 2. The molecule has 2 N–H and O–H groups in total. The molecule has 0 heterocycles. The fraction of sp³-hybridized carbons (Fsp3) is 0.923. The van der Waals surface area contributed by atoms with Gasteiger partial charge in [0, 0.05) is 32.8 Å². The van der Waals surface area contributed by atoms with Crippen LogP contribution < -0.4 is 5.73 Å². The Morgan fingerprint density at radius 2 is 2.11 bits per heavy atom. The normalized spacial score (nSPS) is 21.3. The van der Waals surface area contributed by atoms with Crippen molar-refractivity contribution in [3.63, 3.8) is 0 Å². The molecule has 0 amide bonds. The number of guanidine groups is 1. The number of nitrogens with two attached hydrogens (primary N) is 1. The fourth-order valence-electron chi connectivity index (χ4n) is 2.11. The van der Waals surface area contributed by atoms with Crippen LogP contribution in [0.2, 0.25) is 0 Å². The summed E-state index contributed by atoms with van der Waals surface area (Å²) in [6.07, 6.45) is 6.23. The molecule has 2 saturated carbocycles. The Morgan fingerprint density at radius 3 is 2.61 bits per heavy atom. The minimum Gasteiger partial charge on any atom is -0.382 e. The number of rotatable bonds is 7. The average molecular weight is 367 g/mol. The molecule has 4 nitrogen and oxygen atoms in total. The van der Waals surface area contributed by atoms with E-state index >= 15 is 0 Å². The second-order valence-electron chi connectivity index (χ2n) is 5.46. The summed E-state index contributed by atoms with van der Waals surface area (Å²) in [5.41, 5.74) is 6.40. The maximum absolute atomic E-state index is 5.99. The highest BCUT2D eigenvalue weighted by Crippen LogP contribution is 2.49. The van der Waals surface area contributed by atoms with Crippen LogP contribution in [0.5, 0.6) is 0 Å². The van der Waals surface area contributed by atoms with Crippen molar-refractivity contribution in [3.05, 3.63) is 0 Å². The van der Waals surface area contributed by atoms with E-state index in [2.05, 4.69) is 16.9 Å². The molecule has 0 aromatic carbocycles. The number of halogens is 1. The highest BCUT2D eigenvalue weighted by Gasteiger charge is 2.42. The molecule has 18 heavy (non-hydrogen) atoms. The standard InChI is InChI=1S/C13H25N3O.HI/c1-3-17-9-8-13(6-7-13)10-15-12(14)16(2)11-4-5-11;/h11H,3-10H2,1-2H3,(H2,14,15);1H. The van der Waals surface area contributed by atoms with Crippen LogP contribution in [0, 0.1) is 5.41 Å². The highest BCUT2D eigenvalue weighted by molar-refractivity contribution is 14.0. The lowest BCUT2D eigenvalue weighted by Crippen LogP contribution is -2.36. The molecule has 0 unspecified atom stereocenters. The molecule has 0 aromatic rings. The molecule has 0 aromatic heterocycles. The Morgan fingerprint density at radius 1 is 1.44 bits per heavy atom. The summed E-state index contributed by atoms with van der Waals surface area (Å²) >= 11 is 0. The van der Waals surface area contributed by atoms with E-state index < -0.39 is 0 Å². The molecule has 0 spiro atoms. The molecule has 2 fully saturated rings. The van der Waals surface area contributed by atoms with Crippen LogP contribution in [-0.4, -0.2) is 43.7 Å². The Balaban J connectivity index is 0.00000162. The van der Waals surface area contributed by atoms with E-state index in [0.717, 1.165) is 32.1 Å². The third-order valence-electron chi connectivity index (χ3n) is 3.97. The number of ether oxygens (including phenoxy) is 1. The molecular formula is C13H26IN3O. The van der Waals surface area contributed by atoms with E-state index in [4.69, 9.17) is 10.5 Å². The summed E-state index contributed by atoms with van der Waals surface area (Å²) in [5.74, 6) is 0.718. The van der Waals surface area contributed by atoms with Gasteiger partial charge < -0.3 is 15.4 Å². The van der Waals surface area contributed by atoms with Crippen molar-refractivity contribution >= 4 is 29.9 Å². The zero-order valence-electron chi connectivity index (χ0n) is 11.5. The predicted octanol–water partition coefficient (Wildman–Crippen LogP) is 2.22. The zero-order chi connectivity index (χ0) is 12.3. The minimum atomic E-state index is 0. The number of aliphatic imine (C=N–C) groups is 1. The molecule has 0 atom stereocenters. The molecule has 5 heteroatoms. The van der Waals surface area contributed by atoms with Gasteiger partial charge in [-0.05, 0) is 44.4 Å². The topological polar surface area (TPSA) is 50.9 Å². The lowest BCUT2D eigenvalue weighted by atomic mass is 10.0. The second-order valence-corrected chi connectivity index (χ2v) is 5.46. The molecule has 0 saturated heterocycles. The quantitative estimate of drug-likeness (QED) is 0.325. The molecule has 0 bridgehead atoms. The van der Waals surface area contributed by atoms with Crippen molar-refractivity contribution in [3.8, 4) is 0 Å². The molecule has 2 aliphatic carbocycles. The van der Waals surface area contributed by atoms with Crippen molar-refractivity contribution in [2.45, 2.75) is 45.1 Å². The predicted molar refractivity (Wildman–Crippen MR) is 85.5 cm³/mol. The zero-order valence-corrected chi connectivity index (χ0v) is 13.9. The summed E-state index contributed by atoms with van der Waals surface area (Å²) in [6.45, 7) is 4.60. The summed E-state index contributed by atoms with van der Waals surface area (Å²) in [4.78, 5) is 6.69. The first-order chi connectivity index (χ1) is 8.17. The van der Waals surface area contributed by atoms with Gasteiger partial charge in [-0.1, -0.05) is 0 Å². The van der Waals surface area contributed by atoms with Gasteiger partial charge in [-0.15, -0.1) is 24.0 Å². The molecule has 0 radical (unpaired) electrons. The Kier molecular flexibility index (Phi) is 6.17. The molecule has 106 valence electrons. The van der Waals surface area contributed by atoms with Crippen molar-refractivity contribution in [1.82, 2.24) is 4.90 Å². The molecule has 2 rings (SSSR count). The smallest absolute Gasteiger partial charge is 0.191 e. The van der Waals surface area contributed by atoms with Gasteiger partial charge in [0.05, 0.1) is 0 Å².